The minimum atomic E-state index is -0.0679. The van der Waals surface area contributed by atoms with Gasteiger partial charge in [-0.2, -0.15) is 0 Å². The second-order valence-corrected chi connectivity index (χ2v) is 33.6. The number of anilines is 6. The van der Waals surface area contributed by atoms with Gasteiger partial charge < -0.3 is 9.80 Å². The third kappa shape index (κ3) is 9.50. The molecule has 6 aliphatic rings. The molecule has 4 aliphatic carbocycles. The van der Waals surface area contributed by atoms with Gasteiger partial charge in [0.2, 0.25) is 0 Å². The summed E-state index contributed by atoms with van der Waals surface area (Å²) in [5, 5.41) is 1.06. The zero-order chi connectivity index (χ0) is 58.2. The van der Waals surface area contributed by atoms with Crippen molar-refractivity contribution in [3.05, 3.63) is 166 Å². The van der Waals surface area contributed by atoms with Gasteiger partial charge in [0, 0.05) is 39.7 Å². The van der Waals surface area contributed by atoms with Crippen molar-refractivity contribution in [2.45, 2.75) is 201 Å². The molecular weight excluding hydrogens is 1010 g/mol. The molecule has 5 heteroatoms. The molecule has 14 rings (SSSR count). The van der Waals surface area contributed by atoms with Crippen LogP contribution in [0.3, 0.4) is 0 Å². The first-order valence-corrected chi connectivity index (χ1v) is 32.0. The number of benzene rings is 7. The highest BCUT2D eigenvalue weighted by molar-refractivity contribution is 7.21. The first-order chi connectivity index (χ1) is 38.3. The fraction of sp³-hybridized carbons (Fsp3) is 0.442. The van der Waals surface area contributed by atoms with Gasteiger partial charge >= 0.3 is 0 Å². The van der Waals surface area contributed by atoms with E-state index in [4.69, 9.17) is 4.98 Å². The van der Waals surface area contributed by atoms with Crippen molar-refractivity contribution in [2.24, 2.45) is 17.8 Å². The van der Waals surface area contributed by atoms with Crippen LogP contribution in [-0.4, -0.2) is 11.7 Å². The number of hydrogen-bond acceptors (Lipinski definition) is 4. The van der Waals surface area contributed by atoms with Gasteiger partial charge in [0.1, 0.15) is 5.01 Å². The summed E-state index contributed by atoms with van der Waals surface area (Å²) >= 11 is 1.84. The lowest BCUT2D eigenvalue weighted by atomic mass is 9.33. The molecule has 0 radical (unpaired) electrons. The molecule has 422 valence electrons. The van der Waals surface area contributed by atoms with Gasteiger partial charge in [0.05, 0.1) is 10.2 Å². The van der Waals surface area contributed by atoms with E-state index in [2.05, 4.69) is 262 Å². The van der Waals surface area contributed by atoms with Crippen LogP contribution in [0, 0.1) is 17.8 Å². The largest absolute Gasteiger partial charge is 0.311 e. The standard InChI is InChI=1S/C77H90BN3S/c1-71(2,3)52-25-23-50(24-26-52)49-19-21-51(22-20-49)70-79-63-41-62-65(42-68(63)82-70)81(60-36-56(75(13,14)15)33-57(37-60)76(16,17)18)67-40-58(77-43-46-29-47(44-77)31-48(30-46)45-77)39-66-69(67)78(62)61-38-53(72(4,5)6)27-28-64(61)80(66)59-34-54(73(7,8)9)32-55(35-59)74(10,11)12/h19-28,32-42,46-48H,29-31,43-45H2,1-18H3. The van der Waals surface area contributed by atoms with Crippen LogP contribution in [0.5, 0.6) is 0 Å². The van der Waals surface area contributed by atoms with E-state index >= 15 is 0 Å². The molecule has 82 heavy (non-hydrogen) atoms. The second-order valence-electron chi connectivity index (χ2n) is 32.6. The van der Waals surface area contributed by atoms with Crippen LogP contribution < -0.4 is 26.2 Å². The van der Waals surface area contributed by atoms with Crippen LogP contribution in [0.1, 0.15) is 202 Å². The third-order valence-corrected chi connectivity index (χ3v) is 21.2. The Morgan fingerprint density at radius 3 is 1.26 bits per heavy atom. The maximum absolute atomic E-state index is 5.64. The van der Waals surface area contributed by atoms with Crippen molar-refractivity contribution in [1.29, 1.82) is 0 Å². The summed E-state index contributed by atoms with van der Waals surface area (Å²) in [6.07, 6.45) is 8.17. The molecule has 4 saturated carbocycles. The van der Waals surface area contributed by atoms with E-state index in [1.165, 1.54) is 138 Å². The summed E-state index contributed by atoms with van der Waals surface area (Å²) in [5.41, 5.74) is 26.3. The third-order valence-electron chi connectivity index (χ3n) is 20.1. The molecule has 0 saturated heterocycles. The number of aromatic nitrogens is 1. The van der Waals surface area contributed by atoms with E-state index in [-0.39, 0.29) is 44.6 Å². The summed E-state index contributed by atoms with van der Waals surface area (Å²) in [6, 6.07) is 51.7. The molecular formula is C77H90BN3S. The first kappa shape index (κ1) is 55.3. The molecule has 0 unspecified atom stereocenters. The van der Waals surface area contributed by atoms with Crippen molar-refractivity contribution in [3.63, 3.8) is 0 Å². The van der Waals surface area contributed by atoms with E-state index in [1.54, 1.807) is 5.56 Å². The van der Waals surface area contributed by atoms with Gasteiger partial charge in [-0.1, -0.05) is 197 Å². The monoisotopic (exact) mass is 1100 g/mol. The van der Waals surface area contributed by atoms with Gasteiger partial charge in [-0.15, -0.1) is 11.3 Å². The van der Waals surface area contributed by atoms with Crippen LogP contribution in [0.2, 0.25) is 0 Å². The normalized spacial score (nSPS) is 20.6. The molecule has 2 aliphatic heterocycles. The van der Waals surface area contributed by atoms with E-state index in [1.807, 2.05) is 11.3 Å². The van der Waals surface area contributed by atoms with Gasteiger partial charge in [-0.05, 0) is 215 Å². The number of thiazole rings is 1. The van der Waals surface area contributed by atoms with Crippen LogP contribution in [0.25, 0.3) is 31.9 Å². The van der Waals surface area contributed by atoms with Crippen LogP contribution in [-0.2, 0) is 37.9 Å². The van der Waals surface area contributed by atoms with Gasteiger partial charge in [-0.25, -0.2) is 4.98 Å². The maximum atomic E-state index is 5.64. The zero-order valence-corrected chi connectivity index (χ0v) is 53.7. The highest BCUT2D eigenvalue weighted by Gasteiger charge is 2.53. The molecule has 7 aromatic carbocycles. The Kier molecular flexibility index (Phi) is 12.5. The van der Waals surface area contributed by atoms with Gasteiger partial charge in [0.15, 0.2) is 0 Å². The predicted octanol–water partition coefficient (Wildman–Crippen LogP) is 20.0. The lowest BCUT2D eigenvalue weighted by Crippen LogP contribution is -2.62. The quantitative estimate of drug-likeness (QED) is 0.160. The number of hydrogen-bond donors (Lipinski definition) is 0. The smallest absolute Gasteiger partial charge is 0.252 e. The predicted molar refractivity (Wildman–Crippen MR) is 357 cm³/mol. The molecule has 4 bridgehead atoms. The van der Waals surface area contributed by atoms with Crippen molar-refractivity contribution >= 4 is 78.8 Å². The average Bonchev–Trinajstić information content (AvgIpc) is 0.883. The lowest BCUT2D eigenvalue weighted by molar-refractivity contribution is -0.00514. The number of nitrogens with zero attached hydrogens (tertiary/aromatic N) is 3. The molecule has 1 aromatic heterocycles. The molecule has 3 nitrogen and oxygen atoms in total. The van der Waals surface area contributed by atoms with Crippen LogP contribution in [0.15, 0.2) is 127 Å². The van der Waals surface area contributed by atoms with Crippen LogP contribution >= 0.6 is 11.3 Å². The van der Waals surface area contributed by atoms with Gasteiger partial charge in [0.25, 0.3) is 6.71 Å². The molecule has 4 fully saturated rings. The van der Waals surface area contributed by atoms with E-state index < -0.39 is 0 Å². The summed E-state index contributed by atoms with van der Waals surface area (Å²) in [7, 11) is 0. The Balaban J connectivity index is 1.11. The maximum Gasteiger partial charge on any atom is 0.252 e. The Bertz CT molecular complexity index is 3750. The molecule has 0 atom stereocenters. The van der Waals surface area contributed by atoms with Crippen molar-refractivity contribution in [2.75, 3.05) is 9.80 Å². The van der Waals surface area contributed by atoms with Crippen molar-refractivity contribution in [1.82, 2.24) is 4.98 Å². The fourth-order valence-corrected chi connectivity index (χ4v) is 16.5. The Morgan fingerprint density at radius 2 is 0.805 bits per heavy atom. The Hall–Kier alpha value is -5.91. The van der Waals surface area contributed by atoms with E-state index in [0.29, 0.717) is 0 Å². The molecule has 3 heterocycles. The second kappa shape index (κ2) is 18.5. The zero-order valence-electron chi connectivity index (χ0n) is 52.9. The summed E-state index contributed by atoms with van der Waals surface area (Å²) < 4.78 is 1.22. The minimum absolute atomic E-state index is 0.0329. The fourth-order valence-electron chi connectivity index (χ4n) is 15.5. The van der Waals surface area contributed by atoms with Crippen molar-refractivity contribution in [3.8, 4) is 21.7 Å². The van der Waals surface area contributed by atoms with Gasteiger partial charge in [-0.3, -0.25) is 0 Å². The Morgan fingerprint density at radius 1 is 0.402 bits per heavy atom. The number of rotatable bonds is 5. The van der Waals surface area contributed by atoms with Crippen molar-refractivity contribution < 1.29 is 0 Å². The SMILES string of the molecule is CC(C)(C)c1ccc(-c2ccc(-c3nc4cc5c(cc4s3)N(c3cc(C(C)(C)C)cc(C(C)(C)C)c3)c3cc(C46CC7CC(CC(C7)C4)C6)cc4c3B5c3cc(C(C)(C)C)ccc3N4c3cc(C(C)(C)C)cc(C(C)(C)C)c3)cc2)cc1. The minimum Gasteiger partial charge on any atom is -0.311 e. The van der Waals surface area contributed by atoms with E-state index in [9.17, 15) is 0 Å². The highest BCUT2D eigenvalue weighted by atomic mass is 32.1. The molecule has 0 spiro atoms. The first-order valence-electron chi connectivity index (χ1n) is 31.2. The Labute approximate surface area is 497 Å². The molecule has 0 amide bonds. The topological polar surface area (TPSA) is 19.4 Å². The summed E-state index contributed by atoms with van der Waals surface area (Å²) in [5.74, 6) is 2.45. The van der Waals surface area contributed by atoms with E-state index in [0.717, 1.165) is 33.8 Å². The number of fused-ring (bicyclic) bond motifs is 5. The summed E-state index contributed by atoms with van der Waals surface area (Å²) in [4.78, 5) is 11.2. The molecule has 0 N–H and O–H groups in total. The summed E-state index contributed by atoms with van der Waals surface area (Å²) in [6.45, 7) is 42.7. The average molecular weight is 1100 g/mol. The molecule has 8 aromatic rings. The van der Waals surface area contributed by atoms with Crippen LogP contribution in [0.4, 0.5) is 34.1 Å². The highest BCUT2D eigenvalue weighted by Crippen LogP contribution is 2.62. The lowest BCUT2D eigenvalue weighted by Gasteiger charge is -2.57.